The van der Waals surface area contributed by atoms with Gasteiger partial charge in [-0.2, -0.15) is 0 Å². The third-order valence-electron chi connectivity index (χ3n) is 5.37. The summed E-state index contributed by atoms with van der Waals surface area (Å²) in [6.07, 6.45) is 1.16. The molecule has 0 saturated carbocycles. The number of nitrogens with zero attached hydrogens (tertiary/aromatic N) is 1. The molecule has 156 valence electrons. The number of nitrogens with one attached hydrogen (secondary N) is 2. The lowest BCUT2D eigenvalue weighted by atomic mass is 10.2. The normalized spacial score (nSPS) is 15.9. The van der Waals surface area contributed by atoms with Gasteiger partial charge in [0.25, 0.3) is 5.91 Å². The highest BCUT2D eigenvalue weighted by Gasteiger charge is 2.21. The number of carbonyl (C=O) groups excluding carboxylic acids is 1. The van der Waals surface area contributed by atoms with Crippen molar-refractivity contribution in [3.8, 4) is 16.2 Å². The second-order valence-corrected chi connectivity index (χ2v) is 8.43. The number of rotatable bonds is 7. The number of amides is 1. The maximum absolute atomic E-state index is 12.7. The standard InChI is InChI=1S/C24H27N3O2S/c1-3-29-21-10-4-17(5-11-21)22-12-13-23(30-22)24(28)26-18-6-8-20(9-7-18)27-15-14-19(16-27)25-2/h4-13,19,25H,3,14-16H2,1-2H3,(H,26,28). The van der Waals surface area contributed by atoms with Crippen LogP contribution in [0.5, 0.6) is 5.75 Å². The fourth-order valence-electron chi connectivity index (χ4n) is 3.68. The lowest BCUT2D eigenvalue weighted by Crippen LogP contribution is -2.29. The number of hydrogen-bond acceptors (Lipinski definition) is 5. The Labute approximate surface area is 181 Å². The predicted octanol–water partition coefficient (Wildman–Crippen LogP) is 4.86. The van der Waals surface area contributed by atoms with Gasteiger partial charge in [0.1, 0.15) is 5.75 Å². The number of hydrogen-bond donors (Lipinski definition) is 2. The van der Waals surface area contributed by atoms with E-state index in [0.29, 0.717) is 17.5 Å². The third-order valence-corrected chi connectivity index (χ3v) is 6.50. The number of benzene rings is 2. The van der Waals surface area contributed by atoms with Gasteiger partial charge < -0.3 is 20.3 Å². The van der Waals surface area contributed by atoms with E-state index in [9.17, 15) is 4.79 Å². The summed E-state index contributed by atoms with van der Waals surface area (Å²) in [6.45, 7) is 4.70. The van der Waals surface area contributed by atoms with E-state index in [2.05, 4.69) is 27.7 Å². The molecule has 1 aromatic heterocycles. The topological polar surface area (TPSA) is 53.6 Å². The molecule has 30 heavy (non-hydrogen) atoms. The van der Waals surface area contributed by atoms with Crippen molar-refractivity contribution in [3.63, 3.8) is 0 Å². The van der Waals surface area contributed by atoms with E-state index >= 15 is 0 Å². The van der Waals surface area contributed by atoms with Gasteiger partial charge in [-0.05, 0) is 86.6 Å². The fraction of sp³-hybridized carbons (Fsp3) is 0.292. The van der Waals surface area contributed by atoms with Gasteiger partial charge in [-0.25, -0.2) is 0 Å². The van der Waals surface area contributed by atoms with Crippen LogP contribution < -0.4 is 20.3 Å². The highest BCUT2D eigenvalue weighted by Crippen LogP contribution is 2.30. The Bertz CT molecular complexity index is 982. The van der Waals surface area contributed by atoms with Crippen LogP contribution in [0.4, 0.5) is 11.4 Å². The van der Waals surface area contributed by atoms with E-state index in [1.54, 1.807) is 0 Å². The van der Waals surface area contributed by atoms with Gasteiger partial charge in [0, 0.05) is 35.4 Å². The molecule has 1 atom stereocenters. The van der Waals surface area contributed by atoms with E-state index in [1.165, 1.54) is 17.0 Å². The van der Waals surface area contributed by atoms with Crippen LogP contribution in [-0.2, 0) is 0 Å². The summed E-state index contributed by atoms with van der Waals surface area (Å²) in [5, 5.41) is 6.34. The quantitative estimate of drug-likeness (QED) is 0.572. The molecule has 1 unspecified atom stereocenters. The van der Waals surface area contributed by atoms with Crippen LogP contribution in [-0.4, -0.2) is 38.7 Å². The molecule has 1 fully saturated rings. The second-order valence-electron chi connectivity index (χ2n) is 7.34. The molecule has 4 rings (SSSR count). The fourth-order valence-corrected chi connectivity index (χ4v) is 4.58. The van der Waals surface area contributed by atoms with Crippen LogP contribution in [0.25, 0.3) is 10.4 Å². The molecular weight excluding hydrogens is 394 g/mol. The summed E-state index contributed by atoms with van der Waals surface area (Å²) >= 11 is 1.49. The minimum absolute atomic E-state index is 0.0821. The molecule has 0 aliphatic carbocycles. The lowest BCUT2D eigenvalue weighted by molar-refractivity contribution is 0.103. The zero-order valence-corrected chi connectivity index (χ0v) is 18.2. The summed E-state index contributed by atoms with van der Waals surface area (Å²) in [5.74, 6) is 0.774. The molecule has 0 spiro atoms. The van der Waals surface area contributed by atoms with Crippen molar-refractivity contribution in [2.45, 2.75) is 19.4 Å². The molecule has 1 amide bonds. The molecule has 1 aliphatic heterocycles. The van der Waals surface area contributed by atoms with Crippen molar-refractivity contribution in [2.75, 3.05) is 37.0 Å². The van der Waals surface area contributed by atoms with Crippen molar-refractivity contribution >= 4 is 28.6 Å². The first-order valence-corrected chi connectivity index (χ1v) is 11.1. The smallest absolute Gasteiger partial charge is 0.265 e. The van der Waals surface area contributed by atoms with Gasteiger partial charge in [0.05, 0.1) is 11.5 Å². The summed E-state index contributed by atoms with van der Waals surface area (Å²) in [5.41, 5.74) is 3.08. The van der Waals surface area contributed by atoms with Crippen LogP contribution in [0.15, 0.2) is 60.7 Å². The third kappa shape index (κ3) is 4.66. The highest BCUT2D eigenvalue weighted by molar-refractivity contribution is 7.17. The first kappa shape index (κ1) is 20.4. The molecular formula is C24H27N3O2S. The summed E-state index contributed by atoms with van der Waals surface area (Å²) in [7, 11) is 2.01. The Morgan fingerprint density at radius 1 is 1.10 bits per heavy atom. The number of carbonyl (C=O) groups is 1. The molecule has 2 aromatic carbocycles. The number of likely N-dealkylation sites (N-methyl/N-ethyl adjacent to an activating group) is 1. The Kier molecular flexibility index (Phi) is 6.35. The van der Waals surface area contributed by atoms with Gasteiger partial charge in [-0.1, -0.05) is 0 Å². The first-order valence-electron chi connectivity index (χ1n) is 10.3. The van der Waals surface area contributed by atoms with Crippen LogP contribution in [0, 0.1) is 0 Å². The van der Waals surface area contributed by atoms with Crippen molar-refractivity contribution in [2.24, 2.45) is 0 Å². The lowest BCUT2D eigenvalue weighted by Gasteiger charge is -2.19. The zero-order valence-electron chi connectivity index (χ0n) is 17.4. The average molecular weight is 422 g/mol. The molecule has 2 heterocycles. The summed E-state index contributed by atoms with van der Waals surface area (Å²) in [4.78, 5) is 16.8. The van der Waals surface area contributed by atoms with E-state index in [0.717, 1.165) is 41.4 Å². The van der Waals surface area contributed by atoms with Gasteiger partial charge in [0.15, 0.2) is 0 Å². The summed E-state index contributed by atoms with van der Waals surface area (Å²) < 4.78 is 5.49. The van der Waals surface area contributed by atoms with E-state index in [-0.39, 0.29) is 5.91 Å². The highest BCUT2D eigenvalue weighted by atomic mass is 32.1. The Balaban J connectivity index is 1.38. The van der Waals surface area contributed by atoms with E-state index in [4.69, 9.17) is 4.74 Å². The van der Waals surface area contributed by atoms with Gasteiger partial charge in [0.2, 0.25) is 0 Å². The SMILES string of the molecule is CCOc1ccc(-c2ccc(C(=O)Nc3ccc(N4CCC(NC)C4)cc3)s2)cc1. The van der Waals surface area contributed by atoms with Crippen LogP contribution in [0.1, 0.15) is 23.0 Å². The van der Waals surface area contributed by atoms with E-state index < -0.39 is 0 Å². The second kappa shape index (κ2) is 9.32. The maximum atomic E-state index is 12.7. The molecule has 2 N–H and O–H groups in total. The molecule has 6 heteroatoms. The van der Waals surface area contributed by atoms with Gasteiger partial charge in [-0.3, -0.25) is 4.79 Å². The minimum Gasteiger partial charge on any atom is -0.494 e. The molecule has 0 radical (unpaired) electrons. The first-order chi connectivity index (χ1) is 14.7. The van der Waals surface area contributed by atoms with Crippen molar-refractivity contribution < 1.29 is 9.53 Å². The Hall–Kier alpha value is -2.83. The molecule has 1 saturated heterocycles. The Morgan fingerprint density at radius 2 is 1.87 bits per heavy atom. The predicted molar refractivity (Wildman–Crippen MR) is 125 cm³/mol. The minimum atomic E-state index is -0.0821. The zero-order chi connectivity index (χ0) is 20.9. The molecule has 5 nitrogen and oxygen atoms in total. The van der Waals surface area contributed by atoms with Crippen molar-refractivity contribution in [3.05, 3.63) is 65.5 Å². The van der Waals surface area contributed by atoms with Crippen LogP contribution >= 0.6 is 11.3 Å². The van der Waals surface area contributed by atoms with Gasteiger partial charge in [-0.15, -0.1) is 11.3 Å². The van der Waals surface area contributed by atoms with Gasteiger partial charge >= 0.3 is 0 Å². The van der Waals surface area contributed by atoms with Crippen molar-refractivity contribution in [1.29, 1.82) is 0 Å². The van der Waals surface area contributed by atoms with E-state index in [1.807, 2.05) is 62.5 Å². The average Bonchev–Trinajstić information content (AvgIpc) is 3.45. The molecule has 1 aliphatic rings. The largest absolute Gasteiger partial charge is 0.494 e. The van der Waals surface area contributed by atoms with Crippen molar-refractivity contribution in [1.82, 2.24) is 5.32 Å². The molecule has 0 bridgehead atoms. The van der Waals surface area contributed by atoms with Crippen LogP contribution in [0.3, 0.4) is 0 Å². The number of thiophene rings is 1. The number of ether oxygens (including phenoxy) is 1. The number of anilines is 2. The maximum Gasteiger partial charge on any atom is 0.265 e. The monoisotopic (exact) mass is 421 g/mol. The Morgan fingerprint density at radius 3 is 2.53 bits per heavy atom. The molecule has 3 aromatic rings. The van der Waals surface area contributed by atoms with Crippen LogP contribution in [0.2, 0.25) is 0 Å². The summed E-state index contributed by atoms with van der Waals surface area (Å²) in [6, 6.07) is 20.5.